The van der Waals surface area contributed by atoms with Gasteiger partial charge in [0, 0.05) is 13.0 Å². The topological polar surface area (TPSA) is 26.3 Å². The van der Waals surface area contributed by atoms with E-state index in [-0.39, 0.29) is 6.10 Å². The Morgan fingerprint density at radius 3 is 2.70 bits per heavy atom. The molecular formula is C18H22O2. The standard InChI is InChI=1S/C18H22O2/c1-2-3-6-12-20-17(14-19)13-16-10-7-9-15-8-4-5-11-18(15)16/h4-5,7-11,14,17H,2-3,6,12-13H2,1H3. The fraction of sp³-hybridized carbons (Fsp3) is 0.389. The zero-order chi connectivity index (χ0) is 14.2. The van der Waals surface area contributed by atoms with Gasteiger partial charge in [-0.3, -0.25) is 0 Å². The zero-order valence-corrected chi connectivity index (χ0v) is 12.0. The van der Waals surface area contributed by atoms with E-state index in [4.69, 9.17) is 4.74 Å². The van der Waals surface area contributed by atoms with E-state index < -0.39 is 0 Å². The van der Waals surface area contributed by atoms with E-state index in [1.165, 1.54) is 22.8 Å². The van der Waals surface area contributed by atoms with Crippen LogP contribution < -0.4 is 0 Å². The van der Waals surface area contributed by atoms with Crippen LogP contribution in [-0.2, 0) is 16.0 Å². The van der Waals surface area contributed by atoms with Gasteiger partial charge in [-0.2, -0.15) is 0 Å². The van der Waals surface area contributed by atoms with Gasteiger partial charge in [-0.1, -0.05) is 62.2 Å². The molecule has 0 spiro atoms. The molecule has 1 unspecified atom stereocenters. The molecule has 2 aromatic carbocycles. The van der Waals surface area contributed by atoms with E-state index in [2.05, 4.69) is 31.2 Å². The molecular weight excluding hydrogens is 248 g/mol. The van der Waals surface area contributed by atoms with Gasteiger partial charge in [0.25, 0.3) is 0 Å². The first-order valence-electron chi connectivity index (χ1n) is 7.38. The van der Waals surface area contributed by atoms with E-state index in [0.717, 1.165) is 19.1 Å². The SMILES string of the molecule is CCCCCOC(C=O)Cc1cccc2ccccc12. The fourth-order valence-electron chi connectivity index (χ4n) is 2.42. The number of unbranched alkanes of at least 4 members (excludes halogenated alkanes) is 2. The molecule has 0 aromatic heterocycles. The molecule has 0 fully saturated rings. The molecule has 0 saturated carbocycles. The van der Waals surface area contributed by atoms with Crippen molar-refractivity contribution in [3.8, 4) is 0 Å². The van der Waals surface area contributed by atoms with Crippen molar-refractivity contribution in [2.24, 2.45) is 0 Å². The van der Waals surface area contributed by atoms with E-state index in [9.17, 15) is 4.79 Å². The molecule has 0 aliphatic carbocycles. The van der Waals surface area contributed by atoms with E-state index in [1.807, 2.05) is 18.2 Å². The van der Waals surface area contributed by atoms with Crippen LogP contribution in [0.2, 0.25) is 0 Å². The third-order valence-corrected chi connectivity index (χ3v) is 3.53. The third-order valence-electron chi connectivity index (χ3n) is 3.53. The number of rotatable bonds is 8. The average Bonchev–Trinajstić information content (AvgIpc) is 2.50. The Hall–Kier alpha value is -1.67. The summed E-state index contributed by atoms with van der Waals surface area (Å²) in [6, 6.07) is 14.5. The number of ether oxygens (including phenoxy) is 1. The van der Waals surface area contributed by atoms with Gasteiger partial charge in [-0.15, -0.1) is 0 Å². The summed E-state index contributed by atoms with van der Waals surface area (Å²) in [6.45, 7) is 2.83. The van der Waals surface area contributed by atoms with Crippen molar-refractivity contribution in [1.29, 1.82) is 0 Å². The summed E-state index contributed by atoms with van der Waals surface area (Å²) >= 11 is 0. The average molecular weight is 270 g/mol. The maximum atomic E-state index is 11.2. The molecule has 0 radical (unpaired) electrons. The lowest BCUT2D eigenvalue weighted by Gasteiger charge is -2.13. The van der Waals surface area contributed by atoms with Crippen LogP contribution in [-0.4, -0.2) is 19.0 Å². The summed E-state index contributed by atoms with van der Waals surface area (Å²) in [6.07, 6.45) is 4.58. The second-order valence-electron chi connectivity index (χ2n) is 5.09. The number of carbonyl (C=O) groups excluding carboxylic acids is 1. The highest BCUT2D eigenvalue weighted by Crippen LogP contribution is 2.20. The quantitative estimate of drug-likeness (QED) is 0.532. The summed E-state index contributed by atoms with van der Waals surface area (Å²) in [5.74, 6) is 0. The normalized spacial score (nSPS) is 12.4. The van der Waals surface area contributed by atoms with Crippen LogP contribution in [0.1, 0.15) is 31.7 Å². The number of benzene rings is 2. The molecule has 0 saturated heterocycles. The summed E-state index contributed by atoms with van der Waals surface area (Å²) < 4.78 is 5.68. The van der Waals surface area contributed by atoms with Crippen molar-refractivity contribution in [1.82, 2.24) is 0 Å². The van der Waals surface area contributed by atoms with Crippen molar-refractivity contribution in [2.75, 3.05) is 6.61 Å². The van der Waals surface area contributed by atoms with Crippen molar-refractivity contribution in [3.05, 3.63) is 48.0 Å². The largest absolute Gasteiger partial charge is 0.370 e. The van der Waals surface area contributed by atoms with Gasteiger partial charge in [0.1, 0.15) is 12.4 Å². The monoisotopic (exact) mass is 270 g/mol. The maximum absolute atomic E-state index is 11.2. The molecule has 0 aliphatic heterocycles. The number of fused-ring (bicyclic) bond motifs is 1. The summed E-state index contributed by atoms with van der Waals surface area (Å²) in [7, 11) is 0. The number of carbonyl (C=O) groups is 1. The van der Waals surface area contributed by atoms with Crippen LogP contribution in [0.5, 0.6) is 0 Å². The summed E-state index contributed by atoms with van der Waals surface area (Å²) in [5.41, 5.74) is 1.18. The summed E-state index contributed by atoms with van der Waals surface area (Å²) in [4.78, 5) is 11.2. The van der Waals surface area contributed by atoms with Crippen LogP contribution >= 0.6 is 0 Å². The van der Waals surface area contributed by atoms with Crippen molar-refractivity contribution >= 4 is 17.1 Å². The molecule has 0 N–H and O–H groups in total. The highest BCUT2D eigenvalue weighted by atomic mass is 16.5. The van der Waals surface area contributed by atoms with Crippen molar-refractivity contribution < 1.29 is 9.53 Å². The minimum absolute atomic E-state index is 0.335. The van der Waals surface area contributed by atoms with Gasteiger partial charge < -0.3 is 9.53 Å². The fourth-order valence-corrected chi connectivity index (χ4v) is 2.42. The molecule has 20 heavy (non-hydrogen) atoms. The van der Waals surface area contributed by atoms with Crippen LogP contribution in [0.4, 0.5) is 0 Å². The van der Waals surface area contributed by atoms with Gasteiger partial charge in [-0.05, 0) is 22.8 Å². The minimum Gasteiger partial charge on any atom is -0.370 e. The predicted octanol–water partition coefficient (Wildman–Crippen LogP) is 4.16. The number of aldehydes is 1. The Morgan fingerprint density at radius 2 is 1.90 bits per heavy atom. The molecule has 106 valence electrons. The molecule has 0 aliphatic rings. The van der Waals surface area contributed by atoms with Gasteiger partial charge in [0.15, 0.2) is 0 Å². The highest BCUT2D eigenvalue weighted by molar-refractivity contribution is 5.86. The second-order valence-corrected chi connectivity index (χ2v) is 5.09. The Morgan fingerprint density at radius 1 is 1.10 bits per heavy atom. The number of hydrogen-bond acceptors (Lipinski definition) is 2. The molecule has 0 heterocycles. The first-order chi connectivity index (χ1) is 9.85. The molecule has 2 rings (SSSR count). The number of hydrogen-bond donors (Lipinski definition) is 0. The first-order valence-corrected chi connectivity index (χ1v) is 7.38. The van der Waals surface area contributed by atoms with Gasteiger partial charge in [0.05, 0.1) is 0 Å². The molecule has 2 aromatic rings. The lowest BCUT2D eigenvalue weighted by Crippen LogP contribution is -2.18. The molecule has 0 amide bonds. The van der Waals surface area contributed by atoms with Crippen LogP contribution in [0.15, 0.2) is 42.5 Å². The van der Waals surface area contributed by atoms with E-state index >= 15 is 0 Å². The third kappa shape index (κ3) is 3.91. The highest BCUT2D eigenvalue weighted by Gasteiger charge is 2.10. The lowest BCUT2D eigenvalue weighted by molar-refractivity contribution is -0.118. The zero-order valence-electron chi connectivity index (χ0n) is 12.0. The van der Waals surface area contributed by atoms with Crippen LogP contribution in [0.3, 0.4) is 0 Å². The Balaban J connectivity index is 2.04. The van der Waals surface area contributed by atoms with Crippen LogP contribution in [0.25, 0.3) is 10.8 Å². The van der Waals surface area contributed by atoms with Crippen LogP contribution in [0, 0.1) is 0 Å². The van der Waals surface area contributed by atoms with Gasteiger partial charge in [0.2, 0.25) is 0 Å². The van der Waals surface area contributed by atoms with Gasteiger partial charge >= 0.3 is 0 Å². The molecule has 2 nitrogen and oxygen atoms in total. The lowest BCUT2D eigenvalue weighted by atomic mass is 10.0. The van der Waals surface area contributed by atoms with E-state index in [1.54, 1.807) is 0 Å². The molecule has 1 atom stereocenters. The van der Waals surface area contributed by atoms with Gasteiger partial charge in [-0.25, -0.2) is 0 Å². The predicted molar refractivity (Wildman–Crippen MR) is 83.0 cm³/mol. The Kier molecular flexibility index (Phi) is 5.75. The molecule has 2 heteroatoms. The Bertz CT molecular complexity index is 543. The van der Waals surface area contributed by atoms with Crippen molar-refractivity contribution in [3.63, 3.8) is 0 Å². The minimum atomic E-state index is -0.335. The Labute approximate surface area is 120 Å². The second kappa shape index (κ2) is 7.81. The smallest absolute Gasteiger partial charge is 0.149 e. The summed E-state index contributed by atoms with van der Waals surface area (Å²) in [5, 5.41) is 2.42. The molecule has 0 bridgehead atoms. The first kappa shape index (κ1) is 14.7. The van der Waals surface area contributed by atoms with E-state index in [0.29, 0.717) is 13.0 Å². The van der Waals surface area contributed by atoms with Crippen molar-refractivity contribution in [2.45, 2.75) is 38.7 Å². The maximum Gasteiger partial charge on any atom is 0.149 e.